The van der Waals surface area contributed by atoms with Crippen molar-refractivity contribution in [1.82, 2.24) is 0 Å². The monoisotopic (exact) mass is 242 g/mol. The number of benzene rings is 1. The van der Waals surface area contributed by atoms with Gasteiger partial charge in [0, 0.05) is 12.2 Å². The molecular formula is C13H16F2O2. The molecule has 1 aromatic rings. The molecule has 0 aliphatic rings. The number of unbranched alkanes of at least 4 members (excludes halogenated alkanes) is 1. The van der Waals surface area contributed by atoms with Crippen molar-refractivity contribution < 1.29 is 18.3 Å². The Morgan fingerprint density at radius 2 is 2.06 bits per heavy atom. The van der Waals surface area contributed by atoms with Crippen LogP contribution in [0.1, 0.15) is 37.0 Å². The second kappa shape index (κ2) is 6.45. The first-order valence-corrected chi connectivity index (χ1v) is 5.67. The fourth-order valence-electron chi connectivity index (χ4n) is 1.36. The van der Waals surface area contributed by atoms with Gasteiger partial charge in [-0.15, -0.1) is 0 Å². The molecule has 0 bridgehead atoms. The fraction of sp³-hybridized carbons (Fsp3) is 0.462. The molecule has 17 heavy (non-hydrogen) atoms. The van der Waals surface area contributed by atoms with E-state index in [0.717, 1.165) is 25.0 Å². The third kappa shape index (κ3) is 3.89. The number of ether oxygens (including phenoxy) is 1. The Hall–Kier alpha value is -1.29. The molecule has 0 heterocycles. The van der Waals surface area contributed by atoms with E-state index in [-0.39, 0.29) is 11.3 Å². The maximum Gasteiger partial charge on any atom is 0.191 e. The highest BCUT2D eigenvalue weighted by atomic mass is 19.2. The molecule has 0 saturated carbocycles. The first-order valence-electron chi connectivity index (χ1n) is 5.67. The average molecular weight is 242 g/mol. The SMILES string of the molecule is CCCCOC(C)C(=O)c1ccc(F)c(F)c1. The van der Waals surface area contributed by atoms with E-state index in [4.69, 9.17) is 4.74 Å². The van der Waals surface area contributed by atoms with E-state index < -0.39 is 17.7 Å². The number of rotatable bonds is 6. The molecule has 0 amide bonds. The molecule has 0 fully saturated rings. The predicted octanol–water partition coefficient (Wildman–Crippen LogP) is 3.35. The maximum absolute atomic E-state index is 12.9. The van der Waals surface area contributed by atoms with E-state index in [9.17, 15) is 13.6 Å². The fourth-order valence-corrected chi connectivity index (χ4v) is 1.36. The molecule has 2 nitrogen and oxygen atoms in total. The Balaban J connectivity index is 2.65. The number of hydrogen-bond donors (Lipinski definition) is 0. The number of Topliss-reactive ketones (excluding diaryl/α,β-unsaturated/α-hetero) is 1. The van der Waals surface area contributed by atoms with Crippen molar-refractivity contribution in [1.29, 1.82) is 0 Å². The second-order valence-electron chi connectivity index (χ2n) is 3.86. The zero-order chi connectivity index (χ0) is 12.8. The summed E-state index contributed by atoms with van der Waals surface area (Å²) in [7, 11) is 0. The van der Waals surface area contributed by atoms with Gasteiger partial charge in [0.25, 0.3) is 0 Å². The van der Waals surface area contributed by atoms with Crippen LogP contribution in [0.25, 0.3) is 0 Å². The van der Waals surface area contributed by atoms with E-state index in [2.05, 4.69) is 0 Å². The molecule has 0 spiro atoms. The summed E-state index contributed by atoms with van der Waals surface area (Å²) in [5.74, 6) is -2.31. The van der Waals surface area contributed by atoms with Gasteiger partial charge in [-0.05, 0) is 31.5 Å². The number of carbonyl (C=O) groups is 1. The minimum absolute atomic E-state index is 0.132. The number of hydrogen-bond acceptors (Lipinski definition) is 2. The molecule has 0 saturated heterocycles. The first kappa shape index (κ1) is 13.8. The smallest absolute Gasteiger partial charge is 0.191 e. The normalized spacial score (nSPS) is 12.5. The van der Waals surface area contributed by atoms with Crippen molar-refractivity contribution in [2.75, 3.05) is 6.61 Å². The summed E-state index contributed by atoms with van der Waals surface area (Å²) < 4.78 is 30.9. The van der Waals surface area contributed by atoms with Crippen LogP contribution in [0.2, 0.25) is 0 Å². The molecule has 4 heteroatoms. The maximum atomic E-state index is 12.9. The Morgan fingerprint density at radius 1 is 1.35 bits per heavy atom. The largest absolute Gasteiger partial charge is 0.370 e. The molecule has 0 N–H and O–H groups in total. The van der Waals surface area contributed by atoms with E-state index in [0.29, 0.717) is 6.61 Å². The van der Waals surface area contributed by atoms with Crippen LogP contribution in [0.3, 0.4) is 0 Å². The van der Waals surface area contributed by atoms with E-state index in [1.807, 2.05) is 6.92 Å². The summed E-state index contributed by atoms with van der Waals surface area (Å²) in [5.41, 5.74) is 0.132. The second-order valence-corrected chi connectivity index (χ2v) is 3.86. The summed E-state index contributed by atoms with van der Waals surface area (Å²) in [6.07, 6.45) is 1.22. The first-order chi connectivity index (χ1) is 8.06. The van der Waals surface area contributed by atoms with Gasteiger partial charge in [0.1, 0.15) is 6.10 Å². The summed E-state index contributed by atoms with van der Waals surface area (Å²) in [6, 6.07) is 3.11. The summed E-state index contributed by atoms with van der Waals surface area (Å²) in [6.45, 7) is 4.12. The van der Waals surface area contributed by atoms with Crippen LogP contribution in [-0.4, -0.2) is 18.5 Å². The molecule has 0 radical (unpaired) electrons. The van der Waals surface area contributed by atoms with Gasteiger partial charge >= 0.3 is 0 Å². The predicted molar refractivity (Wildman–Crippen MR) is 61.0 cm³/mol. The van der Waals surface area contributed by atoms with Crippen molar-refractivity contribution in [3.63, 3.8) is 0 Å². The van der Waals surface area contributed by atoms with E-state index >= 15 is 0 Å². The van der Waals surface area contributed by atoms with Crippen molar-refractivity contribution in [3.8, 4) is 0 Å². The summed E-state index contributed by atoms with van der Waals surface area (Å²) >= 11 is 0. The quantitative estimate of drug-likeness (QED) is 0.565. The van der Waals surface area contributed by atoms with Gasteiger partial charge in [0.05, 0.1) is 0 Å². The minimum atomic E-state index is -1.02. The molecule has 0 aliphatic carbocycles. The Kier molecular flexibility index (Phi) is 5.22. The van der Waals surface area contributed by atoms with Crippen LogP contribution in [-0.2, 0) is 4.74 Å². The molecule has 1 rings (SSSR count). The minimum Gasteiger partial charge on any atom is -0.370 e. The standard InChI is InChI=1S/C13H16F2O2/c1-3-4-7-17-9(2)13(16)10-5-6-11(14)12(15)8-10/h5-6,8-9H,3-4,7H2,1-2H3. The van der Waals surface area contributed by atoms with Crippen LogP contribution in [0.4, 0.5) is 8.78 Å². The average Bonchev–Trinajstić information content (AvgIpc) is 2.32. The van der Waals surface area contributed by atoms with Crippen LogP contribution in [0.5, 0.6) is 0 Å². The van der Waals surface area contributed by atoms with Crippen molar-refractivity contribution >= 4 is 5.78 Å². The number of ketones is 1. The highest BCUT2D eigenvalue weighted by Crippen LogP contribution is 2.12. The topological polar surface area (TPSA) is 26.3 Å². The Labute approximate surface area is 99.6 Å². The lowest BCUT2D eigenvalue weighted by molar-refractivity contribution is 0.0467. The Bertz CT molecular complexity index is 391. The van der Waals surface area contributed by atoms with Gasteiger partial charge in [-0.2, -0.15) is 0 Å². The van der Waals surface area contributed by atoms with Crippen LogP contribution >= 0.6 is 0 Å². The third-order valence-electron chi connectivity index (χ3n) is 2.44. The lowest BCUT2D eigenvalue weighted by Gasteiger charge is -2.11. The number of halogens is 2. The molecule has 0 aromatic heterocycles. The van der Waals surface area contributed by atoms with Crippen molar-refractivity contribution in [3.05, 3.63) is 35.4 Å². The highest BCUT2D eigenvalue weighted by Gasteiger charge is 2.17. The molecule has 0 aliphatic heterocycles. The zero-order valence-corrected chi connectivity index (χ0v) is 10.0. The van der Waals surface area contributed by atoms with E-state index in [1.54, 1.807) is 6.92 Å². The molecular weight excluding hydrogens is 226 g/mol. The van der Waals surface area contributed by atoms with Gasteiger partial charge in [0.2, 0.25) is 0 Å². The van der Waals surface area contributed by atoms with Gasteiger partial charge < -0.3 is 4.74 Å². The molecule has 1 unspecified atom stereocenters. The molecule has 94 valence electrons. The van der Waals surface area contributed by atoms with Gasteiger partial charge in [0.15, 0.2) is 17.4 Å². The van der Waals surface area contributed by atoms with Gasteiger partial charge in [-0.3, -0.25) is 4.79 Å². The van der Waals surface area contributed by atoms with Gasteiger partial charge in [-0.1, -0.05) is 13.3 Å². The summed E-state index contributed by atoms with van der Waals surface area (Å²) in [4.78, 5) is 11.8. The lowest BCUT2D eigenvalue weighted by Crippen LogP contribution is -2.21. The Morgan fingerprint density at radius 3 is 2.65 bits per heavy atom. The third-order valence-corrected chi connectivity index (χ3v) is 2.44. The highest BCUT2D eigenvalue weighted by molar-refractivity contribution is 5.99. The molecule has 1 aromatic carbocycles. The van der Waals surface area contributed by atoms with Crippen LogP contribution in [0, 0.1) is 11.6 Å². The summed E-state index contributed by atoms with van der Waals surface area (Å²) in [5, 5.41) is 0. The number of carbonyl (C=O) groups excluding carboxylic acids is 1. The molecule has 1 atom stereocenters. The van der Waals surface area contributed by atoms with Crippen LogP contribution in [0.15, 0.2) is 18.2 Å². The zero-order valence-electron chi connectivity index (χ0n) is 10.0. The van der Waals surface area contributed by atoms with E-state index in [1.165, 1.54) is 6.07 Å². The lowest BCUT2D eigenvalue weighted by atomic mass is 10.1. The van der Waals surface area contributed by atoms with Gasteiger partial charge in [-0.25, -0.2) is 8.78 Å². The van der Waals surface area contributed by atoms with Crippen molar-refractivity contribution in [2.45, 2.75) is 32.8 Å². The van der Waals surface area contributed by atoms with Crippen LogP contribution < -0.4 is 0 Å². The van der Waals surface area contributed by atoms with Crippen molar-refractivity contribution in [2.24, 2.45) is 0 Å².